The summed E-state index contributed by atoms with van der Waals surface area (Å²) < 4.78 is 20.2. The fraction of sp³-hybridized carbons (Fsp3) is 0.381. The largest absolute Gasteiger partial charge is 0.438 e. The summed E-state index contributed by atoms with van der Waals surface area (Å²) in [6, 6.07) is 13.2. The zero-order valence-electron chi connectivity index (χ0n) is 15.5. The van der Waals surface area contributed by atoms with Gasteiger partial charge >= 0.3 is 6.09 Å². The fourth-order valence-electron chi connectivity index (χ4n) is 3.61. The first-order chi connectivity index (χ1) is 13.3. The van der Waals surface area contributed by atoms with E-state index in [1.807, 2.05) is 31.2 Å². The van der Waals surface area contributed by atoms with Gasteiger partial charge in [-0.2, -0.15) is 0 Å². The van der Waals surface area contributed by atoms with Crippen molar-refractivity contribution in [2.24, 2.45) is 0 Å². The van der Waals surface area contributed by atoms with Crippen molar-refractivity contribution < 1.29 is 24.1 Å². The topological polar surface area (TPSA) is 70.0 Å². The van der Waals surface area contributed by atoms with Gasteiger partial charge in [-0.3, -0.25) is 0 Å². The molecule has 1 fully saturated rings. The Morgan fingerprint density at radius 2 is 1.86 bits per heavy atom. The van der Waals surface area contributed by atoms with Gasteiger partial charge in [0.1, 0.15) is 11.4 Å². The molecule has 1 saturated heterocycles. The number of carbonyl (C=O) groups excluding carboxylic acids is 1. The lowest BCUT2D eigenvalue weighted by atomic mass is 9.83. The van der Waals surface area contributed by atoms with Crippen LogP contribution in [0, 0.1) is 5.82 Å². The van der Waals surface area contributed by atoms with Crippen molar-refractivity contribution in [3.05, 3.63) is 69.9 Å². The van der Waals surface area contributed by atoms with E-state index in [1.54, 1.807) is 17.0 Å². The highest BCUT2D eigenvalue weighted by molar-refractivity contribution is 9.10. The Bertz CT molecular complexity index is 814. The smallest absolute Gasteiger partial charge is 0.411 e. The summed E-state index contributed by atoms with van der Waals surface area (Å²) >= 11 is 3.40. The number of rotatable bonds is 6. The number of nitrogens with zero attached hydrogens (tertiary/aromatic N) is 1. The normalized spacial score (nSPS) is 21.9. The molecule has 0 radical (unpaired) electrons. The molecule has 0 bridgehead atoms. The van der Waals surface area contributed by atoms with E-state index in [-0.39, 0.29) is 12.5 Å². The Kier molecular flexibility index (Phi) is 6.37. The SMILES string of the molecule is CC(c1ccc(Br)cc1)N1CCC(C[C@@H](O)CO)(c2ccc(F)cc2)OC1=O. The monoisotopic (exact) mass is 451 g/mol. The van der Waals surface area contributed by atoms with Crippen molar-refractivity contribution in [1.29, 1.82) is 0 Å². The summed E-state index contributed by atoms with van der Waals surface area (Å²) in [6.45, 7) is 1.89. The number of cyclic esters (lactones) is 1. The minimum Gasteiger partial charge on any atom is -0.438 e. The number of amides is 1. The lowest BCUT2D eigenvalue weighted by Crippen LogP contribution is -2.50. The van der Waals surface area contributed by atoms with E-state index in [4.69, 9.17) is 4.74 Å². The van der Waals surface area contributed by atoms with Crippen LogP contribution in [0.2, 0.25) is 0 Å². The first-order valence-corrected chi connectivity index (χ1v) is 9.94. The minimum absolute atomic E-state index is 0.0430. The van der Waals surface area contributed by atoms with Crippen LogP contribution in [-0.2, 0) is 10.3 Å². The number of carbonyl (C=O) groups is 1. The molecule has 0 saturated carbocycles. The molecule has 28 heavy (non-hydrogen) atoms. The maximum Gasteiger partial charge on any atom is 0.411 e. The Morgan fingerprint density at radius 3 is 2.43 bits per heavy atom. The predicted molar refractivity (Wildman–Crippen MR) is 106 cm³/mol. The maximum atomic E-state index is 13.4. The first kappa shape index (κ1) is 20.8. The molecule has 1 heterocycles. The van der Waals surface area contributed by atoms with E-state index in [9.17, 15) is 19.4 Å². The van der Waals surface area contributed by atoms with Crippen LogP contribution in [0.25, 0.3) is 0 Å². The molecule has 0 aliphatic carbocycles. The zero-order valence-corrected chi connectivity index (χ0v) is 17.1. The number of ether oxygens (including phenoxy) is 1. The quantitative estimate of drug-likeness (QED) is 0.692. The van der Waals surface area contributed by atoms with Gasteiger partial charge in [0, 0.05) is 23.9 Å². The maximum absolute atomic E-state index is 13.4. The van der Waals surface area contributed by atoms with Crippen molar-refractivity contribution >= 4 is 22.0 Å². The molecule has 3 rings (SSSR count). The summed E-state index contributed by atoms with van der Waals surface area (Å²) in [6.07, 6.45) is -1.09. The van der Waals surface area contributed by atoms with Crippen LogP contribution in [-0.4, -0.2) is 40.5 Å². The van der Waals surface area contributed by atoms with Gasteiger partial charge in [-0.25, -0.2) is 9.18 Å². The molecule has 7 heteroatoms. The molecular weight excluding hydrogens is 429 g/mol. The number of aliphatic hydroxyl groups is 2. The van der Waals surface area contributed by atoms with E-state index in [2.05, 4.69) is 15.9 Å². The lowest BCUT2D eigenvalue weighted by molar-refractivity contribution is -0.0892. The van der Waals surface area contributed by atoms with Gasteiger partial charge in [0.15, 0.2) is 0 Å². The Balaban J connectivity index is 1.84. The van der Waals surface area contributed by atoms with Gasteiger partial charge in [-0.1, -0.05) is 40.2 Å². The van der Waals surface area contributed by atoms with E-state index < -0.39 is 30.2 Å². The highest BCUT2D eigenvalue weighted by Crippen LogP contribution is 2.40. The summed E-state index contributed by atoms with van der Waals surface area (Å²) in [4.78, 5) is 14.5. The van der Waals surface area contributed by atoms with Crippen molar-refractivity contribution in [2.45, 2.75) is 37.5 Å². The molecule has 5 nitrogen and oxygen atoms in total. The number of hydrogen-bond acceptors (Lipinski definition) is 4. The van der Waals surface area contributed by atoms with E-state index in [1.165, 1.54) is 12.1 Å². The first-order valence-electron chi connectivity index (χ1n) is 9.15. The Labute approximate surface area is 171 Å². The van der Waals surface area contributed by atoms with E-state index >= 15 is 0 Å². The third-order valence-corrected chi connectivity index (χ3v) is 5.77. The molecule has 0 aromatic heterocycles. The third-order valence-electron chi connectivity index (χ3n) is 5.24. The van der Waals surface area contributed by atoms with Gasteiger partial charge < -0.3 is 19.8 Å². The Hall–Kier alpha value is -1.96. The van der Waals surface area contributed by atoms with Crippen molar-refractivity contribution in [3.8, 4) is 0 Å². The summed E-state index contributed by atoms with van der Waals surface area (Å²) in [7, 11) is 0. The molecule has 1 aliphatic rings. The second-order valence-electron chi connectivity index (χ2n) is 7.08. The van der Waals surface area contributed by atoms with Crippen LogP contribution in [0.5, 0.6) is 0 Å². The fourth-order valence-corrected chi connectivity index (χ4v) is 3.87. The minimum atomic E-state index is -1.11. The van der Waals surface area contributed by atoms with Crippen molar-refractivity contribution in [1.82, 2.24) is 4.90 Å². The average Bonchev–Trinajstić information content (AvgIpc) is 2.68. The van der Waals surface area contributed by atoms with Gasteiger partial charge in [0.2, 0.25) is 0 Å². The third kappa shape index (κ3) is 4.37. The average molecular weight is 452 g/mol. The molecular formula is C21H23BrFNO4. The second kappa shape index (κ2) is 8.59. The van der Waals surface area contributed by atoms with Crippen LogP contribution in [0.3, 0.4) is 0 Å². The molecule has 0 spiro atoms. The Morgan fingerprint density at radius 1 is 1.21 bits per heavy atom. The van der Waals surface area contributed by atoms with Gasteiger partial charge in [0.05, 0.1) is 18.8 Å². The lowest BCUT2D eigenvalue weighted by Gasteiger charge is -2.44. The highest BCUT2D eigenvalue weighted by Gasteiger charge is 2.44. The van der Waals surface area contributed by atoms with Crippen LogP contribution in [0.4, 0.5) is 9.18 Å². The van der Waals surface area contributed by atoms with Crippen LogP contribution >= 0.6 is 15.9 Å². The number of halogens is 2. The second-order valence-corrected chi connectivity index (χ2v) is 8.00. The summed E-state index contributed by atoms with van der Waals surface area (Å²) in [5.41, 5.74) is 0.471. The van der Waals surface area contributed by atoms with E-state index in [0.717, 1.165) is 10.0 Å². The van der Waals surface area contributed by atoms with Crippen LogP contribution in [0.1, 0.15) is 36.9 Å². The van der Waals surface area contributed by atoms with Crippen LogP contribution in [0.15, 0.2) is 53.0 Å². The predicted octanol–water partition coefficient (Wildman–Crippen LogP) is 4.13. The van der Waals surface area contributed by atoms with Gasteiger partial charge in [-0.05, 0) is 42.3 Å². The van der Waals surface area contributed by atoms with Crippen molar-refractivity contribution in [2.75, 3.05) is 13.2 Å². The number of hydrogen-bond donors (Lipinski definition) is 2. The molecule has 2 aromatic carbocycles. The molecule has 1 amide bonds. The summed E-state index contributed by atoms with van der Waals surface area (Å²) in [5, 5.41) is 19.3. The van der Waals surface area contributed by atoms with Gasteiger partial charge in [-0.15, -0.1) is 0 Å². The summed E-state index contributed by atoms with van der Waals surface area (Å²) in [5.74, 6) is -0.394. The van der Waals surface area contributed by atoms with E-state index in [0.29, 0.717) is 18.5 Å². The standard InChI is InChI=1S/C21H23BrFNO4/c1-14(15-2-6-17(22)7-3-15)24-11-10-21(28-20(24)27,12-19(26)13-25)16-4-8-18(23)9-5-16/h2-9,14,19,25-26H,10-13H2,1H3/t14?,19-,21?/m1/s1. The molecule has 1 aliphatic heterocycles. The highest BCUT2D eigenvalue weighted by atomic mass is 79.9. The molecule has 2 N–H and O–H groups in total. The molecule has 2 aromatic rings. The number of aliphatic hydroxyl groups excluding tert-OH is 2. The number of benzene rings is 2. The van der Waals surface area contributed by atoms with Gasteiger partial charge in [0.25, 0.3) is 0 Å². The van der Waals surface area contributed by atoms with Crippen LogP contribution < -0.4 is 0 Å². The molecule has 150 valence electrons. The zero-order chi connectivity index (χ0) is 20.3. The molecule has 2 unspecified atom stereocenters. The van der Waals surface area contributed by atoms with Crippen molar-refractivity contribution in [3.63, 3.8) is 0 Å². The molecule has 3 atom stereocenters.